The molecule has 5 heteroatoms. The van der Waals surface area contributed by atoms with Crippen LogP contribution in [0.4, 0.5) is 0 Å². The molecule has 0 aliphatic heterocycles. The molecular weight excluding hydrogens is 451 g/mol. The van der Waals surface area contributed by atoms with Gasteiger partial charge in [-0.1, -0.05) is 96.1 Å². The number of hydrogen-bond acceptors (Lipinski definition) is 4. The van der Waals surface area contributed by atoms with Crippen molar-refractivity contribution in [3.63, 3.8) is 0 Å². The number of hydrogen-bond donors (Lipinski definition) is 0. The maximum Gasteiger partial charge on any atom is 1.00 e. The Kier molecular flexibility index (Phi) is 8.58. The van der Waals surface area contributed by atoms with Crippen molar-refractivity contribution in [2.75, 3.05) is 0 Å². The minimum Gasteiger partial charge on any atom is -0.691 e. The van der Waals surface area contributed by atoms with Crippen LogP contribution in [-0.4, -0.2) is 0 Å². The fraction of sp³-hybridized carbons (Fsp3) is 0.310. The fourth-order valence-corrected chi connectivity index (χ4v) is 5.07. The first-order valence-electron chi connectivity index (χ1n) is 11.3. The molecular formula is C29H31NaO3S. The smallest absolute Gasteiger partial charge is 0.691 e. The number of fused-ring (bicyclic) bond motifs is 2. The molecule has 172 valence electrons. The SMILES string of the molecule is CC(C)(C)c1ccc(Cc2ccc(C(C)(C)C)c3ccc(SOO[O-])cc23)c2ccccc12.[Na+]. The minimum atomic E-state index is 0. The van der Waals surface area contributed by atoms with Crippen LogP contribution >= 0.6 is 12.0 Å². The van der Waals surface area contributed by atoms with Crippen LogP contribution < -0.4 is 34.8 Å². The van der Waals surface area contributed by atoms with E-state index < -0.39 is 0 Å². The third-order valence-electron chi connectivity index (χ3n) is 6.25. The molecule has 4 aromatic rings. The van der Waals surface area contributed by atoms with Gasteiger partial charge < -0.3 is 5.26 Å². The second kappa shape index (κ2) is 10.7. The molecule has 0 radical (unpaired) electrons. The van der Waals surface area contributed by atoms with Crippen LogP contribution in [0.3, 0.4) is 0 Å². The van der Waals surface area contributed by atoms with Gasteiger partial charge in [0.05, 0.1) is 12.0 Å². The van der Waals surface area contributed by atoms with E-state index in [-0.39, 0.29) is 40.4 Å². The molecule has 0 saturated heterocycles. The Bertz CT molecular complexity index is 1300. The van der Waals surface area contributed by atoms with Gasteiger partial charge in [-0.2, -0.15) is 4.33 Å². The van der Waals surface area contributed by atoms with Crippen molar-refractivity contribution >= 4 is 33.6 Å². The molecule has 4 aromatic carbocycles. The molecule has 0 N–H and O–H groups in total. The summed E-state index contributed by atoms with van der Waals surface area (Å²) in [4.78, 5) is 0.832. The van der Waals surface area contributed by atoms with Gasteiger partial charge >= 0.3 is 29.6 Å². The zero-order chi connectivity index (χ0) is 23.8. The largest absolute Gasteiger partial charge is 1.00 e. The second-order valence-corrected chi connectivity index (χ2v) is 11.5. The average molecular weight is 483 g/mol. The average Bonchev–Trinajstić information content (AvgIpc) is 2.76. The van der Waals surface area contributed by atoms with Crippen molar-refractivity contribution in [1.29, 1.82) is 0 Å². The summed E-state index contributed by atoms with van der Waals surface area (Å²) < 4.78 is 4.59. The summed E-state index contributed by atoms with van der Waals surface area (Å²) >= 11 is 0.936. The zero-order valence-electron chi connectivity index (χ0n) is 21.2. The van der Waals surface area contributed by atoms with Crippen LogP contribution in [0.15, 0.2) is 71.6 Å². The van der Waals surface area contributed by atoms with Gasteiger partial charge in [-0.25, -0.2) is 0 Å². The van der Waals surface area contributed by atoms with Crippen molar-refractivity contribution in [2.24, 2.45) is 0 Å². The molecule has 0 aromatic heterocycles. The van der Waals surface area contributed by atoms with Gasteiger partial charge in [0.1, 0.15) is 0 Å². The monoisotopic (exact) mass is 482 g/mol. The van der Waals surface area contributed by atoms with Crippen LogP contribution in [0.1, 0.15) is 63.8 Å². The first-order chi connectivity index (χ1) is 15.6. The van der Waals surface area contributed by atoms with Gasteiger partial charge in [0.25, 0.3) is 0 Å². The Balaban J connectivity index is 0.00000324. The Morgan fingerprint density at radius 2 is 1.21 bits per heavy atom. The molecule has 0 amide bonds. The van der Waals surface area contributed by atoms with Crippen LogP contribution in [0.5, 0.6) is 0 Å². The molecule has 0 aliphatic carbocycles. The van der Waals surface area contributed by atoms with Gasteiger partial charge in [-0.3, -0.25) is 5.04 Å². The molecule has 3 nitrogen and oxygen atoms in total. The van der Waals surface area contributed by atoms with Crippen molar-refractivity contribution < 1.29 is 44.2 Å². The van der Waals surface area contributed by atoms with E-state index in [1.165, 1.54) is 43.8 Å². The van der Waals surface area contributed by atoms with E-state index in [0.29, 0.717) is 0 Å². The van der Waals surface area contributed by atoms with Gasteiger partial charge in [0, 0.05) is 4.90 Å². The number of benzene rings is 4. The van der Waals surface area contributed by atoms with Crippen LogP contribution in [0.25, 0.3) is 21.5 Å². The molecule has 4 rings (SSSR count). The Morgan fingerprint density at radius 3 is 1.76 bits per heavy atom. The topological polar surface area (TPSA) is 41.5 Å². The van der Waals surface area contributed by atoms with E-state index in [0.717, 1.165) is 23.4 Å². The molecule has 0 unspecified atom stereocenters. The summed E-state index contributed by atoms with van der Waals surface area (Å²) in [6.07, 6.45) is 0.818. The van der Waals surface area contributed by atoms with Crippen molar-refractivity contribution in [2.45, 2.75) is 63.7 Å². The fourth-order valence-electron chi connectivity index (χ4n) is 4.68. The summed E-state index contributed by atoms with van der Waals surface area (Å²) in [5.74, 6) is 0. The van der Waals surface area contributed by atoms with Gasteiger partial charge in [0.2, 0.25) is 0 Å². The summed E-state index contributed by atoms with van der Waals surface area (Å²) in [5.41, 5.74) is 5.31. The normalized spacial score (nSPS) is 12.2. The Labute approximate surface area is 229 Å². The summed E-state index contributed by atoms with van der Waals surface area (Å²) in [6.45, 7) is 13.5. The number of rotatable bonds is 5. The van der Waals surface area contributed by atoms with E-state index in [4.69, 9.17) is 0 Å². The third-order valence-corrected chi connectivity index (χ3v) is 6.82. The summed E-state index contributed by atoms with van der Waals surface area (Å²) in [7, 11) is 0. The predicted octanol–water partition coefficient (Wildman–Crippen LogP) is 4.41. The van der Waals surface area contributed by atoms with Gasteiger partial charge in [0.15, 0.2) is 0 Å². The first-order valence-corrected chi connectivity index (χ1v) is 12.0. The van der Waals surface area contributed by atoms with Gasteiger partial charge in [-0.05, 0) is 73.2 Å². The Hall–Kier alpha value is -1.37. The second-order valence-electron chi connectivity index (χ2n) is 10.7. The molecule has 0 spiro atoms. The Morgan fingerprint density at radius 1 is 0.676 bits per heavy atom. The van der Waals surface area contributed by atoms with Crippen molar-refractivity contribution in [3.05, 3.63) is 89.0 Å². The predicted molar refractivity (Wildman–Crippen MR) is 136 cm³/mol. The summed E-state index contributed by atoms with van der Waals surface area (Å²) in [6, 6.07) is 23.9. The van der Waals surface area contributed by atoms with Crippen LogP contribution in [0, 0.1) is 0 Å². The molecule has 0 bridgehead atoms. The third kappa shape index (κ3) is 5.71. The molecule has 0 heterocycles. The molecule has 0 atom stereocenters. The first kappa shape index (κ1) is 27.2. The van der Waals surface area contributed by atoms with E-state index in [2.05, 4.69) is 112 Å². The van der Waals surface area contributed by atoms with Crippen LogP contribution in [-0.2, 0) is 26.6 Å². The molecule has 0 aliphatic rings. The molecule has 0 fully saturated rings. The van der Waals surface area contributed by atoms with Crippen molar-refractivity contribution in [3.8, 4) is 0 Å². The molecule has 34 heavy (non-hydrogen) atoms. The quantitative estimate of drug-likeness (QED) is 0.183. The van der Waals surface area contributed by atoms with E-state index >= 15 is 0 Å². The minimum absolute atomic E-state index is 0. The van der Waals surface area contributed by atoms with E-state index in [1.807, 2.05) is 6.07 Å². The zero-order valence-corrected chi connectivity index (χ0v) is 24.0. The van der Waals surface area contributed by atoms with E-state index in [9.17, 15) is 5.26 Å². The van der Waals surface area contributed by atoms with E-state index in [1.54, 1.807) is 0 Å². The van der Waals surface area contributed by atoms with Crippen molar-refractivity contribution in [1.82, 2.24) is 0 Å². The van der Waals surface area contributed by atoms with Gasteiger partial charge in [-0.15, -0.1) is 0 Å². The maximum atomic E-state index is 10.3. The molecule has 0 saturated carbocycles. The summed E-state index contributed by atoms with van der Waals surface area (Å²) in [5, 5.41) is 18.9. The van der Waals surface area contributed by atoms with Crippen LogP contribution in [0.2, 0.25) is 0 Å². The maximum absolute atomic E-state index is 10.3. The standard InChI is InChI=1S/C29H32O3S.Na/c1-28(2,3)26-15-11-19(22-9-7-8-10-23(22)26)17-20-12-16-27(29(4,5)6)24-14-13-21(18-25(20)24)33-32-31-30;/h7-16,18,30H,17H2,1-6H3;/q;+1/p-1.